The van der Waals surface area contributed by atoms with Crippen molar-refractivity contribution >= 4 is 23.5 Å². The molecule has 1 N–H and O–H groups in total. The highest BCUT2D eigenvalue weighted by Crippen LogP contribution is 2.51. The standard InChI is InChI=1S/C22H22N4O4/c1-15(27)30-26-22(18-5-3-2-4-6-18)14-24(11-12-25(22)26)21(29)17-7-9-19-16(13-17)8-10-20(28)23-19/h2-7,9,13H,8,10-12,14H2,1H3,(H,23,28). The first-order valence-corrected chi connectivity index (χ1v) is 10.0. The number of hydrogen-bond donors (Lipinski definition) is 1. The van der Waals surface area contributed by atoms with Crippen LogP contribution in [-0.4, -0.2) is 52.5 Å². The predicted molar refractivity (Wildman–Crippen MR) is 108 cm³/mol. The maximum atomic E-state index is 13.3. The predicted octanol–water partition coefficient (Wildman–Crippen LogP) is 1.89. The molecule has 0 aliphatic carbocycles. The second-order valence-electron chi connectivity index (χ2n) is 7.81. The molecule has 154 valence electrons. The quantitative estimate of drug-likeness (QED) is 0.784. The second kappa shape index (κ2) is 6.93. The monoisotopic (exact) mass is 406 g/mol. The number of piperazine rings is 1. The summed E-state index contributed by atoms with van der Waals surface area (Å²) in [5, 5.41) is 6.41. The van der Waals surface area contributed by atoms with E-state index in [2.05, 4.69) is 5.32 Å². The molecule has 0 saturated carbocycles. The van der Waals surface area contributed by atoms with Gasteiger partial charge >= 0.3 is 5.97 Å². The number of aryl methyl sites for hydroxylation is 1. The lowest BCUT2D eigenvalue weighted by Crippen LogP contribution is -2.47. The van der Waals surface area contributed by atoms with Gasteiger partial charge in [-0.1, -0.05) is 30.3 Å². The summed E-state index contributed by atoms with van der Waals surface area (Å²) in [4.78, 5) is 43.7. The summed E-state index contributed by atoms with van der Waals surface area (Å²) >= 11 is 0. The summed E-state index contributed by atoms with van der Waals surface area (Å²) in [6, 6.07) is 15.2. The highest BCUT2D eigenvalue weighted by molar-refractivity contribution is 5.98. The number of nitrogens with one attached hydrogen (secondary N) is 1. The fourth-order valence-electron chi connectivity index (χ4n) is 4.43. The Hall–Kier alpha value is -3.23. The minimum Gasteiger partial charge on any atom is -0.351 e. The average molecular weight is 406 g/mol. The Morgan fingerprint density at radius 3 is 2.63 bits per heavy atom. The molecule has 0 bridgehead atoms. The van der Waals surface area contributed by atoms with Crippen LogP contribution in [0.1, 0.15) is 34.8 Å². The third-order valence-electron chi connectivity index (χ3n) is 5.90. The molecule has 3 aliphatic heterocycles. The van der Waals surface area contributed by atoms with Gasteiger partial charge in [0.2, 0.25) is 5.91 Å². The van der Waals surface area contributed by atoms with Crippen LogP contribution in [0.5, 0.6) is 0 Å². The Morgan fingerprint density at radius 2 is 1.87 bits per heavy atom. The molecule has 0 aromatic heterocycles. The van der Waals surface area contributed by atoms with E-state index < -0.39 is 11.6 Å². The van der Waals surface area contributed by atoms with E-state index in [0.29, 0.717) is 38.0 Å². The summed E-state index contributed by atoms with van der Waals surface area (Å²) in [7, 11) is 0. The Kier molecular flexibility index (Phi) is 4.34. The topological polar surface area (TPSA) is 81.7 Å². The molecule has 0 spiro atoms. The number of anilines is 1. The van der Waals surface area contributed by atoms with Crippen LogP contribution in [0.3, 0.4) is 0 Å². The van der Waals surface area contributed by atoms with Crippen LogP contribution in [0.2, 0.25) is 0 Å². The summed E-state index contributed by atoms with van der Waals surface area (Å²) < 4.78 is 0. The lowest BCUT2D eigenvalue weighted by molar-refractivity contribution is -0.178. The first kappa shape index (κ1) is 18.8. The van der Waals surface area contributed by atoms with Crippen molar-refractivity contribution in [3.8, 4) is 0 Å². The number of hydrazine groups is 1. The number of hydrogen-bond acceptors (Lipinski definition) is 6. The van der Waals surface area contributed by atoms with Gasteiger partial charge in [0, 0.05) is 37.7 Å². The van der Waals surface area contributed by atoms with Gasteiger partial charge in [0.25, 0.3) is 5.91 Å². The third kappa shape index (κ3) is 2.96. The van der Waals surface area contributed by atoms with E-state index in [-0.39, 0.29) is 11.8 Å². The summed E-state index contributed by atoms with van der Waals surface area (Å²) in [5.41, 5.74) is 2.66. The number of benzene rings is 2. The van der Waals surface area contributed by atoms with Crippen molar-refractivity contribution in [3.05, 3.63) is 65.2 Å². The molecule has 3 unspecified atom stereocenters. The van der Waals surface area contributed by atoms with Crippen LogP contribution in [0.4, 0.5) is 5.69 Å². The molecule has 2 fully saturated rings. The second-order valence-corrected chi connectivity index (χ2v) is 7.81. The van der Waals surface area contributed by atoms with Crippen LogP contribution in [0, 0.1) is 0 Å². The number of nitrogens with zero attached hydrogens (tertiary/aromatic N) is 3. The van der Waals surface area contributed by atoms with E-state index in [1.165, 1.54) is 6.92 Å². The Balaban J connectivity index is 1.42. The van der Waals surface area contributed by atoms with E-state index in [9.17, 15) is 14.4 Å². The highest BCUT2D eigenvalue weighted by Gasteiger charge is 2.68. The van der Waals surface area contributed by atoms with Gasteiger partial charge in [-0.05, 0) is 40.9 Å². The number of fused-ring (bicyclic) bond motifs is 2. The number of amides is 2. The Morgan fingerprint density at radius 1 is 1.07 bits per heavy atom. The molecular weight excluding hydrogens is 384 g/mol. The molecule has 2 amide bonds. The molecule has 3 heterocycles. The van der Waals surface area contributed by atoms with Gasteiger partial charge in [0.05, 0.1) is 6.54 Å². The number of rotatable bonds is 3. The van der Waals surface area contributed by atoms with Crippen molar-refractivity contribution in [2.75, 3.05) is 25.0 Å². The van der Waals surface area contributed by atoms with Crippen LogP contribution in [-0.2, 0) is 26.5 Å². The van der Waals surface area contributed by atoms with Crippen molar-refractivity contribution in [3.63, 3.8) is 0 Å². The van der Waals surface area contributed by atoms with E-state index in [0.717, 1.165) is 16.8 Å². The van der Waals surface area contributed by atoms with Gasteiger partial charge in [-0.3, -0.25) is 14.4 Å². The minimum absolute atomic E-state index is 0.00166. The van der Waals surface area contributed by atoms with Crippen molar-refractivity contribution < 1.29 is 19.2 Å². The SMILES string of the molecule is CC(=O)ON1N2CCN(C(=O)c3ccc4c(c3)CCC(=O)N4)CC21c1ccccc1. The average Bonchev–Trinajstić information content (AvgIpc) is 3.40. The number of carbonyl (C=O) groups is 3. The normalized spacial score (nSPS) is 26.8. The first-order valence-electron chi connectivity index (χ1n) is 10.0. The van der Waals surface area contributed by atoms with E-state index in [1.54, 1.807) is 22.2 Å². The molecule has 30 heavy (non-hydrogen) atoms. The molecule has 0 radical (unpaired) electrons. The molecule has 5 rings (SSSR count). The molecule has 2 aromatic carbocycles. The Bertz CT molecular complexity index is 1040. The zero-order valence-corrected chi connectivity index (χ0v) is 16.6. The Labute approximate surface area is 173 Å². The summed E-state index contributed by atoms with van der Waals surface area (Å²) in [6.45, 7) is 2.85. The fourth-order valence-corrected chi connectivity index (χ4v) is 4.43. The zero-order chi connectivity index (χ0) is 20.9. The summed E-state index contributed by atoms with van der Waals surface area (Å²) in [6.07, 6.45) is 1.06. The van der Waals surface area contributed by atoms with Gasteiger partial charge < -0.3 is 15.1 Å². The molecule has 8 nitrogen and oxygen atoms in total. The maximum Gasteiger partial charge on any atom is 0.324 e. The van der Waals surface area contributed by atoms with Gasteiger partial charge in [-0.25, -0.2) is 0 Å². The number of hydroxylamine groups is 1. The van der Waals surface area contributed by atoms with E-state index >= 15 is 0 Å². The van der Waals surface area contributed by atoms with Crippen molar-refractivity contribution in [2.45, 2.75) is 25.4 Å². The van der Waals surface area contributed by atoms with Crippen molar-refractivity contribution in [2.24, 2.45) is 0 Å². The van der Waals surface area contributed by atoms with E-state index in [1.807, 2.05) is 41.4 Å². The minimum atomic E-state index is -0.664. The van der Waals surface area contributed by atoms with Gasteiger partial charge in [0.1, 0.15) is 0 Å². The number of carbonyl (C=O) groups excluding carboxylic acids is 3. The smallest absolute Gasteiger partial charge is 0.324 e. The lowest BCUT2D eigenvalue weighted by Gasteiger charge is -2.31. The van der Waals surface area contributed by atoms with Gasteiger partial charge in [0.15, 0.2) is 5.66 Å². The third-order valence-corrected chi connectivity index (χ3v) is 5.90. The molecule has 3 atom stereocenters. The van der Waals surface area contributed by atoms with Gasteiger partial charge in [-0.2, -0.15) is 5.01 Å². The zero-order valence-electron chi connectivity index (χ0n) is 16.6. The van der Waals surface area contributed by atoms with Crippen molar-refractivity contribution in [1.29, 1.82) is 0 Å². The van der Waals surface area contributed by atoms with Crippen LogP contribution in [0.25, 0.3) is 0 Å². The molecule has 2 saturated heterocycles. The van der Waals surface area contributed by atoms with Crippen LogP contribution >= 0.6 is 0 Å². The molecular formula is C22H22N4O4. The molecule has 2 aromatic rings. The molecule has 3 aliphatic rings. The van der Waals surface area contributed by atoms with Gasteiger partial charge in [-0.15, -0.1) is 0 Å². The highest BCUT2D eigenvalue weighted by atomic mass is 16.8. The maximum absolute atomic E-state index is 13.3. The fraction of sp³-hybridized carbons (Fsp3) is 0.318. The summed E-state index contributed by atoms with van der Waals surface area (Å²) in [5.74, 6) is -0.463. The first-order chi connectivity index (χ1) is 14.5. The van der Waals surface area contributed by atoms with Crippen LogP contribution < -0.4 is 5.32 Å². The van der Waals surface area contributed by atoms with E-state index in [4.69, 9.17) is 4.84 Å². The molecule has 8 heteroatoms. The largest absolute Gasteiger partial charge is 0.351 e. The van der Waals surface area contributed by atoms with Crippen LogP contribution in [0.15, 0.2) is 48.5 Å². The van der Waals surface area contributed by atoms with Crippen molar-refractivity contribution in [1.82, 2.24) is 15.1 Å². The lowest BCUT2D eigenvalue weighted by atomic mass is 9.98.